The van der Waals surface area contributed by atoms with E-state index in [9.17, 15) is 9.90 Å². The quantitative estimate of drug-likeness (QED) is 0.403. The Morgan fingerprint density at radius 2 is 1.86 bits per heavy atom. The Labute approximate surface area is 172 Å². The maximum Gasteiger partial charge on any atom is 0.242 e. The second kappa shape index (κ2) is 10.7. The molecule has 7 nitrogen and oxygen atoms in total. The Morgan fingerprint density at radius 3 is 2.45 bits per heavy atom. The first-order valence-corrected chi connectivity index (χ1v) is 9.89. The van der Waals surface area contributed by atoms with Crippen LogP contribution in [0.25, 0.3) is 0 Å². The van der Waals surface area contributed by atoms with Gasteiger partial charge in [-0.05, 0) is 35.6 Å². The summed E-state index contributed by atoms with van der Waals surface area (Å²) < 4.78 is 5.18. The van der Waals surface area contributed by atoms with Crippen LogP contribution >= 0.6 is 0 Å². The summed E-state index contributed by atoms with van der Waals surface area (Å²) in [6.07, 6.45) is 0.884. The molecule has 0 fully saturated rings. The first kappa shape index (κ1) is 22.5. The molecule has 29 heavy (non-hydrogen) atoms. The molecule has 0 aliphatic heterocycles. The van der Waals surface area contributed by atoms with Gasteiger partial charge < -0.3 is 25.5 Å². The maximum atomic E-state index is 12.0. The van der Waals surface area contributed by atoms with Crippen LogP contribution in [0.4, 0.5) is 0 Å². The standard InChI is InChI=1S/C22H32N4O3/c1-5-23-21(26-15-20(28)24-13-18-7-6-12-29-18)25-14-19(27)16-8-10-17(11-9-16)22(2,3)4/h6-12,19,27H,5,13-15H2,1-4H3,(H,24,28)(H2,23,25,26). The number of hydrogen-bond donors (Lipinski definition) is 4. The molecule has 0 bridgehead atoms. The highest BCUT2D eigenvalue weighted by molar-refractivity contribution is 5.84. The molecule has 1 aromatic heterocycles. The van der Waals surface area contributed by atoms with Crippen LogP contribution in [0, 0.1) is 0 Å². The molecule has 0 aliphatic rings. The van der Waals surface area contributed by atoms with Crippen molar-refractivity contribution in [1.82, 2.24) is 16.0 Å². The van der Waals surface area contributed by atoms with E-state index in [1.807, 2.05) is 31.2 Å². The topological polar surface area (TPSA) is 98.9 Å². The summed E-state index contributed by atoms with van der Waals surface area (Å²) in [6.45, 7) is 9.65. The number of nitrogens with one attached hydrogen (secondary N) is 3. The van der Waals surface area contributed by atoms with E-state index in [2.05, 4.69) is 41.7 Å². The van der Waals surface area contributed by atoms with Gasteiger partial charge in [0.2, 0.25) is 5.91 Å². The number of aliphatic hydroxyl groups excluding tert-OH is 1. The summed E-state index contributed by atoms with van der Waals surface area (Å²) in [5.74, 6) is 0.955. The predicted molar refractivity (Wildman–Crippen MR) is 115 cm³/mol. The molecule has 2 aromatic rings. The Kier molecular flexibility index (Phi) is 8.27. The van der Waals surface area contributed by atoms with Gasteiger partial charge in [-0.2, -0.15) is 0 Å². The zero-order chi connectivity index (χ0) is 21.3. The van der Waals surface area contributed by atoms with Gasteiger partial charge in [-0.25, -0.2) is 4.99 Å². The summed E-state index contributed by atoms with van der Waals surface area (Å²) in [5.41, 5.74) is 2.12. The molecule has 0 radical (unpaired) electrons. The van der Waals surface area contributed by atoms with Gasteiger partial charge in [0, 0.05) is 13.1 Å². The van der Waals surface area contributed by atoms with Crippen LogP contribution in [0.15, 0.2) is 52.1 Å². The fourth-order valence-corrected chi connectivity index (χ4v) is 2.66. The van der Waals surface area contributed by atoms with E-state index in [4.69, 9.17) is 4.42 Å². The first-order chi connectivity index (χ1) is 13.8. The van der Waals surface area contributed by atoms with Gasteiger partial charge in [0.15, 0.2) is 5.96 Å². The Bertz CT molecular complexity index is 777. The zero-order valence-electron chi connectivity index (χ0n) is 17.7. The van der Waals surface area contributed by atoms with Gasteiger partial charge in [-0.3, -0.25) is 4.79 Å². The molecule has 1 amide bonds. The van der Waals surface area contributed by atoms with E-state index in [1.165, 1.54) is 5.56 Å². The molecular formula is C22H32N4O3. The van der Waals surface area contributed by atoms with Crippen LogP contribution in [-0.2, 0) is 16.8 Å². The fourth-order valence-electron chi connectivity index (χ4n) is 2.66. The molecule has 1 aromatic carbocycles. The summed E-state index contributed by atoms with van der Waals surface area (Å²) >= 11 is 0. The molecule has 1 unspecified atom stereocenters. The number of carbonyl (C=O) groups excluding carboxylic acids is 1. The number of amides is 1. The van der Waals surface area contributed by atoms with Crippen molar-refractivity contribution in [2.45, 2.75) is 45.8 Å². The van der Waals surface area contributed by atoms with E-state index in [0.717, 1.165) is 5.56 Å². The lowest BCUT2D eigenvalue weighted by molar-refractivity contribution is -0.119. The number of guanidine groups is 1. The monoisotopic (exact) mass is 400 g/mol. The molecule has 1 atom stereocenters. The molecule has 2 rings (SSSR count). The van der Waals surface area contributed by atoms with Crippen molar-refractivity contribution in [2.24, 2.45) is 4.99 Å². The van der Waals surface area contributed by atoms with Gasteiger partial charge in [0.05, 0.1) is 18.9 Å². The Balaban J connectivity index is 1.85. The van der Waals surface area contributed by atoms with Crippen molar-refractivity contribution in [3.8, 4) is 0 Å². The van der Waals surface area contributed by atoms with E-state index >= 15 is 0 Å². The normalized spacial score (nSPS) is 13.1. The molecule has 0 saturated carbocycles. The van der Waals surface area contributed by atoms with Crippen molar-refractivity contribution in [2.75, 3.05) is 19.6 Å². The number of hydrogen-bond acceptors (Lipinski definition) is 4. The lowest BCUT2D eigenvalue weighted by Gasteiger charge is -2.20. The second-order valence-corrected chi connectivity index (χ2v) is 7.82. The predicted octanol–water partition coefficient (Wildman–Crippen LogP) is 2.48. The molecule has 1 heterocycles. The smallest absolute Gasteiger partial charge is 0.242 e. The first-order valence-electron chi connectivity index (χ1n) is 9.89. The Hall–Kier alpha value is -2.80. The van der Waals surface area contributed by atoms with Crippen molar-refractivity contribution >= 4 is 11.9 Å². The number of aliphatic hydroxyl groups is 1. The summed E-state index contributed by atoms with van der Waals surface area (Å²) in [6, 6.07) is 11.5. The van der Waals surface area contributed by atoms with Gasteiger partial charge >= 0.3 is 0 Å². The van der Waals surface area contributed by atoms with Crippen LogP contribution < -0.4 is 16.0 Å². The number of furan rings is 1. The van der Waals surface area contributed by atoms with E-state index in [-0.39, 0.29) is 24.4 Å². The number of benzene rings is 1. The summed E-state index contributed by atoms with van der Waals surface area (Å²) in [5, 5.41) is 19.4. The van der Waals surface area contributed by atoms with Gasteiger partial charge in [-0.1, -0.05) is 45.0 Å². The van der Waals surface area contributed by atoms with Crippen LogP contribution in [0.2, 0.25) is 0 Å². The van der Waals surface area contributed by atoms with E-state index < -0.39 is 6.10 Å². The van der Waals surface area contributed by atoms with Crippen LogP contribution in [0.5, 0.6) is 0 Å². The third kappa shape index (κ3) is 7.62. The van der Waals surface area contributed by atoms with Crippen molar-refractivity contribution in [3.05, 3.63) is 59.5 Å². The minimum atomic E-state index is -0.680. The molecule has 0 saturated heterocycles. The van der Waals surface area contributed by atoms with E-state index in [0.29, 0.717) is 24.8 Å². The average Bonchev–Trinajstić information content (AvgIpc) is 3.21. The fraction of sp³-hybridized carbons (Fsp3) is 0.455. The number of aliphatic imine (C=N–C) groups is 1. The van der Waals surface area contributed by atoms with Crippen molar-refractivity contribution in [3.63, 3.8) is 0 Å². The average molecular weight is 401 g/mol. The Morgan fingerprint density at radius 1 is 1.14 bits per heavy atom. The number of nitrogens with zero attached hydrogens (tertiary/aromatic N) is 1. The maximum absolute atomic E-state index is 12.0. The van der Waals surface area contributed by atoms with Crippen LogP contribution in [0.3, 0.4) is 0 Å². The van der Waals surface area contributed by atoms with Crippen molar-refractivity contribution in [1.29, 1.82) is 0 Å². The van der Waals surface area contributed by atoms with Gasteiger partial charge in [0.1, 0.15) is 12.3 Å². The largest absolute Gasteiger partial charge is 0.467 e. The second-order valence-electron chi connectivity index (χ2n) is 7.82. The van der Waals surface area contributed by atoms with Crippen LogP contribution in [0.1, 0.15) is 50.7 Å². The van der Waals surface area contributed by atoms with Gasteiger partial charge in [-0.15, -0.1) is 0 Å². The van der Waals surface area contributed by atoms with Crippen molar-refractivity contribution < 1.29 is 14.3 Å². The molecule has 158 valence electrons. The lowest BCUT2D eigenvalue weighted by atomic mass is 9.86. The van der Waals surface area contributed by atoms with Crippen LogP contribution in [-0.4, -0.2) is 36.6 Å². The molecule has 0 spiro atoms. The highest BCUT2D eigenvalue weighted by Gasteiger charge is 2.15. The molecule has 4 N–H and O–H groups in total. The minimum Gasteiger partial charge on any atom is -0.467 e. The minimum absolute atomic E-state index is 0.0214. The summed E-state index contributed by atoms with van der Waals surface area (Å²) in [7, 11) is 0. The third-order valence-electron chi connectivity index (χ3n) is 4.39. The third-order valence-corrected chi connectivity index (χ3v) is 4.39. The number of rotatable bonds is 8. The molecule has 7 heteroatoms. The number of carbonyl (C=O) groups is 1. The molecular weight excluding hydrogens is 368 g/mol. The molecule has 0 aliphatic carbocycles. The zero-order valence-corrected chi connectivity index (χ0v) is 17.7. The van der Waals surface area contributed by atoms with E-state index in [1.54, 1.807) is 18.4 Å². The highest BCUT2D eigenvalue weighted by Crippen LogP contribution is 2.23. The highest BCUT2D eigenvalue weighted by atomic mass is 16.3. The summed E-state index contributed by atoms with van der Waals surface area (Å²) in [4.78, 5) is 16.2. The SMILES string of the molecule is CCNC(=NCC(=O)NCc1ccco1)NCC(O)c1ccc(C(C)(C)C)cc1. The van der Waals surface area contributed by atoms with Gasteiger partial charge in [0.25, 0.3) is 0 Å². The lowest BCUT2D eigenvalue weighted by Crippen LogP contribution is -2.40.